The molecule has 5 heteroatoms. The molecule has 0 radical (unpaired) electrons. The zero-order valence-corrected chi connectivity index (χ0v) is 11.4. The lowest BCUT2D eigenvalue weighted by atomic mass is 10.2. The number of benzene rings is 1. The summed E-state index contributed by atoms with van der Waals surface area (Å²) in [5.74, 6) is 1.35. The smallest absolute Gasteiger partial charge is 0.166 e. The molecule has 0 aliphatic carbocycles. The SMILES string of the molecule is Cc1cccc2[nH]c(SCc3cccnc3N)nc12. The van der Waals surface area contributed by atoms with Crippen molar-refractivity contribution in [2.45, 2.75) is 17.8 Å². The average molecular weight is 270 g/mol. The Balaban J connectivity index is 1.83. The molecular formula is C14H14N4S. The predicted molar refractivity (Wildman–Crippen MR) is 79.0 cm³/mol. The molecule has 0 bridgehead atoms. The number of aryl methyl sites for hydroxylation is 1. The van der Waals surface area contributed by atoms with Crippen molar-refractivity contribution < 1.29 is 0 Å². The van der Waals surface area contributed by atoms with E-state index in [4.69, 9.17) is 5.73 Å². The number of aromatic nitrogens is 3. The molecule has 0 aliphatic heterocycles. The van der Waals surface area contributed by atoms with Crippen LogP contribution in [0.1, 0.15) is 11.1 Å². The van der Waals surface area contributed by atoms with Gasteiger partial charge in [-0.2, -0.15) is 0 Å². The van der Waals surface area contributed by atoms with Crippen LogP contribution in [0.5, 0.6) is 0 Å². The summed E-state index contributed by atoms with van der Waals surface area (Å²) in [6, 6.07) is 10.0. The van der Waals surface area contributed by atoms with Gasteiger partial charge >= 0.3 is 0 Å². The highest BCUT2D eigenvalue weighted by Crippen LogP contribution is 2.25. The Hall–Kier alpha value is -2.01. The van der Waals surface area contributed by atoms with E-state index in [0.717, 1.165) is 27.5 Å². The van der Waals surface area contributed by atoms with E-state index in [1.54, 1.807) is 18.0 Å². The summed E-state index contributed by atoms with van der Waals surface area (Å²) in [6.45, 7) is 2.07. The van der Waals surface area contributed by atoms with Crippen LogP contribution in [-0.4, -0.2) is 15.0 Å². The summed E-state index contributed by atoms with van der Waals surface area (Å²) in [7, 11) is 0. The van der Waals surface area contributed by atoms with Gasteiger partial charge in [-0.3, -0.25) is 0 Å². The molecule has 3 aromatic rings. The second-order valence-electron chi connectivity index (χ2n) is 4.35. The van der Waals surface area contributed by atoms with Crippen molar-refractivity contribution in [2.24, 2.45) is 0 Å². The number of thioether (sulfide) groups is 1. The first kappa shape index (κ1) is 12.0. The highest BCUT2D eigenvalue weighted by atomic mass is 32.2. The molecule has 0 amide bonds. The van der Waals surface area contributed by atoms with Crippen molar-refractivity contribution in [1.29, 1.82) is 0 Å². The molecule has 1 aromatic carbocycles. The van der Waals surface area contributed by atoms with Gasteiger partial charge in [0.05, 0.1) is 11.0 Å². The second kappa shape index (κ2) is 4.93. The van der Waals surface area contributed by atoms with Crippen molar-refractivity contribution >= 4 is 28.6 Å². The normalized spacial score (nSPS) is 11.0. The number of nitrogens with zero attached hydrogens (tertiary/aromatic N) is 2. The number of pyridine rings is 1. The fourth-order valence-electron chi connectivity index (χ4n) is 1.94. The van der Waals surface area contributed by atoms with Gasteiger partial charge in [-0.25, -0.2) is 9.97 Å². The molecule has 0 spiro atoms. The van der Waals surface area contributed by atoms with Gasteiger partial charge in [-0.15, -0.1) is 0 Å². The van der Waals surface area contributed by atoms with Gasteiger partial charge in [-0.1, -0.05) is 30.0 Å². The van der Waals surface area contributed by atoms with Crippen LogP contribution in [0.3, 0.4) is 0 Å². The highest BCUT2D eigenvalue weighted by Gasteiger charge is 2.06. The summed E-state index contributed by atoms with van der Waals surface area (Å²) in [5, 5.41) is 0.910. The number of H-pyrrole nitrogens is 1. The van der Waals surface area contributed by atoms with E-state index in [0.29, 0.717) is 5.82 Å². The summed E-state index contributed by atoms with van der Waals surface area (Å²) >= 11 is 1.64. The maximum Gasteiger partial charge on any atom is 0.166 e. The lowest BCUT2D eigenvalue weighted by Gasteiger charge is -2.01. The number of fused-ring (bicyclic) bond motifs is 1. The summed E-state index contributed by atoms with van der Waals surface area (Å²) in [5.41, 5.74) is 10.1. The molecule has 2 heterocycles. The third-order valence-corrected chi connectivity index (χ3v) is 3.91. The third kappa shape index (κ3) is 2.42. The van der Waals surface area contributed by atoms with E-state index in [1.807, 2.05) is 24.3 Å². The number of hydrogen-bond donors (Lipinski definition) is 2. The molecule has 4 nitrogen and oxygen atoms in total. The third-order valence-electron chi connectivity index (χ3n) is 2.98. The van der Waals surface area contributed by atoms with Crippen molar-refractivity contribution in [2.75, 3.05) is 5.73 Å². The van der Waals surface area contributed by atoms with E-state index >= 15 is 0 Å². The van der Waals surface area contributed by atoms with Crippen LogP contribution in [0.2, 0.25) is 0 Å². The molecule has 0 fully saturated rings. The summed E-state index contributed by atoms with van der Waals surface area (Å²) in [6.07, 6.45) is 1.70. The van der Waals surface area contributed by atoms with E-state index in [9.17, 15) is 0 Å². The minimum absolute atomic E-state index is 0.585. The molecule has 0 unspecified atom stereocenters. The van der Waals surface area contributed by atoms with E-state index < -0.39 is 0 Å². The van der Waals surface area contributed by atoms with Crippen LogP contribution in [0, 0.1) is 6.92 Å². The Morgan fingerprint density at radius 1 is 1.26 bits per heavy atom. The van der Waals surface area contributed by atoms with Gasteiger partial charge < -0.3 is 10.7 Å². The van der Waals surface area contributed by atoms with Crippen LogP contribution >= 0.6 is 11.8 Å². The predicted octanol–water partition coefficient (Wildman–Crippen LogP) is 3.14. The van der Waals surface area contributed by atoms with Crippen LogP contribution in [-0.2, 0) is 5.75 Å². The largest absolute Gasteiger partial charge is 0.383 e. The van der Waals surface area contributed by atoms with Gasteiger partial charge in [0.2, 0.25) is 0 Å². The van der Waals surface area contributed by atoms with Crippen molar-refractivity contribution in [1.82, 2.24) is 15.0 Å². The number of nitrogens with two attached hydrogens (primary N) is 1. The molecule has 3 rings (SSSR count). The minimum Gasteiger partial charge on any atom is -0.383 e. The zero-order valence-electron chi connectivity index (χ0n) is 10.6. The minimum atomic E-state index is 0.585. The van der Waals surface area contributed by atoms with E-state index in [1.165, 1.54) is 5.56 Å². The van der Waals surface area contributed by atoms with Crippen molar-refractivity contribution in [3.8, 4) is 0 Å². The molecule has 0 atom stereocenters. The molecule has 0 aliphatic rings. The van der Waals surface area contributed by atoms with E-state index in [-0.39, 0.29) is 0 Å². The Morgan fingerprint density at radius 3 is 2.95 bits per heavy atom. The number of hydrogen-bond acceptors (Lipinski definition) is 4. The molecule has 2 aromatic heterocycles. The molecule has 0 saturated heterocycles. The number of aromatic amines is 1. The number of nitrogen functional groups attached to an aromatic ring is 1. The standard InChI is InChI=1S/C14H14N4S/c1-9-4-2-6-11-12(9)18-14(17-11)19-8-10-5-3-7-16-13(10)15/h2-7H,8H2,1H3,(H2,15,16)(H,17,18). The molecule has 19 heavy (non-hydrogen) atoms. The van der Waals surface area contributed by atoms with Crippen molar-refractivity contribution in [3.63, 3.8) is 0 Å². The van der Waals surface area contributed by atoms with E-state index in [2.05, 4.69) is 27.9 Å². The van der Waals surface area contributed by atoms with Crippen LogP contribution in [0.4, 0.5) is 5.82 Å². The van der Waals surface area contributed by atoms with Gasteiger partial charge in [-0.05, 0) is 24.6 Å². The first-order valence-electron chi connectivity index (χ1n) is 6.01. The zero-order chi connectivity index (χ0) is 13.2. The molecule has 3 N–H and O–H groups in total. The monoisotopic (exact) mass is 270 g/mol. The molecular weight excluding hydrogens is 256 g/mol. The second-order valence-corrected chi connectivity index (χ2v) is 5.31. The molecule has 0 saturated carbocycles. The van der Waals surface area contributed by atoms with Gasteiger partial charge in [0.15, 0.2) is 5.16 Å². The Bertz CT molecular complexity index is 720. The number of nitrogens with one attached hydrogen (secondary N) is 1. The van der Waals surface area contributed by atoms with Crippen LogP contribution in [0.25, 0.3) is 11.0 Å². The topological polar surface area (TPSA) is 67.6 Å². The Kier molecular flexibility index (Phi) is 3.13. The quantitative estimate of drug-likeness (QED) is 0.717. The van der Waals surface area contributed by atoms with Crippen molar-refractivity contribution in [3.05, 3.63) is 47.7 Å². The maximum absolute atomic E-state index is 5.83. The average Bonchev–Trinajstić information content (AvgIpc) is 2.82. The number of anilines is 1. The number of para-hydroxylation sites is 1. The lowest BCUT2D eigenvalue weighted by molar-refractivity contribution is 1.08. The Morgan fingerprint density at radius 2 is 2.16 bits per heavy atom. The highest BCUT2D eigenvalue weighted by molar-refractivity contribution is 7.98. The summed E-state index contributed by atoms with van der Waals surface area (Å²) in [4.78, 5) is 12.0. The summed E-state index contributed by atoms with van der Waals surface area (Å²) < 4.78 is 0. The number of imidazole rings is 1. The van der Waals surface area contributed by atoms with Crippen LogP contribution < -0.4 is 5.73 Å². The lowest BCUT2D eigenvalue weighted by Crippen LogP contribution is -1.95. The first-order chi connectivity index (χ1) is 9.24. The maximum atomic E-state index is 5.83. The fraction of sp³-hybridized carbons (Fsp3) is 0.143. The first-order valence-corrected chi connectivity index (χ1v) is 7.00. The van der Waals surface area contributed by atoms with Gasteiger partial charge in [0, 0.05) is 17.5 Å². The van der Waals surface area contributed by atoms with Gasteiger partial charge in [0.1, 0.15) is 5.82 Å². The molecule has 96 valence electrons. The van der Waals surface area contributed by atoms with Gasteiger partial charge in [0.25, 0.3) is 0 Å². The fourth-order valence-corrected chi connectivity index (χ4v) is 2.81. The van der Waals surface area contributed by atoms with Crippen LogP contribution in [0.15, 0.2) is 41.7 Å². The Labute approximate surface area is 115 Å². The number of rotatable bonds is 3.